The van der Waals surface area contributed by atoms with Crippen molar-refractivity contribution in [3.05, 3.63) is 60.0 Å². The van der Waals surface area contributed by atoms with E-state index in [0.717, 1.165) is 36.3 Å². The molecule has 1 atom stereocenters. The number of rotatable bonds is 5. The van der Waals surface area contributed by atoms with Crippen LogP contribution in [-0.2, 0) is 6.42 Å². The maximum absolute atomic E-state index is 12.7. The van der Waals surface area contributed by atoms with Crippen molar-refractivity contribution < 1.29 is 14.1 Å². The van der Waals surface area contributed by atoms with E-state index in [-0.39, 0.29) is 11.9 Å². The smallest absolute Gasteiger partial charge is 0.321 e. The van der Waals surface area contributed by atoms with Gasteiger partial charge in [0.1, 0.15) is 5.75 Å². The largest absolute Gasteiger partial charge is 0.497 e. The molecule has 1 aliphatic rings. The molecular weight excluding hydrogens is 380 g/mol. The van der Waals surface area contributed by atoms with E-state index in [1.54, 1.807) is 7.11 Å². The molecule has 2 amide bonds. The lowest BCUT2D eigenvalue weighted by Crippen LogP contribution is -2.41. The summed E-state index contributed by atoms with van der Waals surface area (Å²) in [5.74, 6) is 1.87. The van der Waals surface area contributed by atoms with Crippen LogP contribution in [0.15, 0.2) is 53.1 Å². The van der Waals surface area contributed by atoms with Gasteiger partial charge in [-0.3, -0.25) is 0 Å². The zero-order valence-electron chi connectivity index (χ0n) is 17.3. The van der Waals surface area contributed by atoms with Crippen molar-refractivity contribution in [2.24, 2.45) is 0 Å². The average molecular weight is 406 g/mol. The van der Waals surface area contributed by atoms with Gasteiger partial charge < -0.3 is 19.5 Å². The topological polar surface area (TPSA) is 80.5 Å². The maximum Gasteiger partial charge on any atom is 0.321 e. The van der Waals surface area contributed by atoms with Crippen molar-refractivity contribution in [2.45, 2.75) is 32.1 Å². The number of carbonyl (C=O) groups is 1. The van der Waals surface area contributed by atoms with Crippen molar-refractivity contribution in [2.75, 3.05) is 25.5 Å². The molecule has 0 spiro atoms. The summed E-state index contributed by atoms with van der Waals surface area (Å²) in [5, 5.41) is 7.12. The highest BCUT2D eigenvalue weighted by molar-refractivity contribution is 5.89. The second kappa shape index (κ2) is 8.98. The van der Waals surface area contributed by atoms with E-state index in [1.807, 2.05) is 53.4 Å². The van der Waals surface area contributed by atoms with Gasteiger partial charge in [0, 0.05) is 24.3 Å². The van der Waals surface area contributed by atoms with Gasteiger partial charge in [-0.2, -0.15) is 4.98 Å². The predicted molar refractivity (Wildman–Crippen MR) is 115 cm³/mol. The van der Waals surface area contributed by atoms with Crippen LogP contribution in [0.25, 0.3) is 11.4 Å². The molecule has 30 heavy (non-hydrogen) atoms. The quantitative estimate of drug-likeness (QED) is 0.663. The Hall–Kier alpha value is -3.35. The van der Waals surface area contributed by atoms with Gasteiger partial charge in [-0.05, 0) is 49.1 Å². The van der Waals surface area contributed by atoms with Gasteiger partial charge in [-0.15, -0.1) is 0 Å². The second-order valence-electron chi connectivity index (χ2n) is 7.45. The molecule has 7 nitrogen and oxygen atoms in total. The lowest BCUT2D eigenvalue weighted by atomic mass is 9.98. The third kappa shape index (κ3) is 4.45. The first kappa shape index (κ1) is 19.9. The van der Waals surface area contributed by atoms with Crippen LogP contribution >= 0.6 is 0 Å². The standard InChI is InChI=1S/C23H26N4O3/c1-3-16-9-11-19(12-10-16)24-23(28)27-13-5-7-18(15-27)22-25-21(26-30-22)17-6-4-8-20(14-17)29-2/h4,6,8-12,14,18H,3,5,7,13,15H2,1-2H3,(H,24,28)/t18-/m1/s1. The molecule has 0 saturated carbocycles. The third-order valence-corrected chi connectivity index (χ3v) is 5.44. The molecule has 1 aliphatic heterocycles. The van der Waals surface area contributed by atoms with E-state index < -0.39 is 0 Å². The number of ether oxygens (including phenoxy) is 1. The van der Waals surface area contributed by atoms with Crippen LogP contribution in [0, 0.1) is 0 Å². The van der Waals surface area contributed by atoms with Crippen LogP contribution in [0.3, 0.4) is 0 Å². The number of nitrogens with one attached hydrogen (secondary N) is 1. The van der Waals surface area contributed by atoms with Gasteiger partial charge in [-0.1, -0.05) is 36.3 Å². The van der Waals surface area contributed by atoms with E-state index in [9.17, 15) is 4.79 Å². The van der Waals surface area contributed by atoms with Crippen molar-refractivity contribution in [1.82, 2.24) is 15.0 Å². The fourth-order valence-corrected chi connectivity index (χ4v) is 3.67. The lowest BCUT2D eigenvalue weighted by Gasteiger charge is -2.31. The number of piperidine rings is 1. The lowest BCUT2D eigenvalue weighted by molar-refractivity contribution is 0.184. The molecule has 156 valence electrons. The molecule has 2 aromatic carbocycles. The minimum absolute atomic E-state index is 0.0267. The molecule has 1 N–H and O–H groups in total. The number of anilines is 1. The number of hydrogen-bond acceptors (Lipinski definition) is 5. The highest BCUT2D eigenvalue weighted by atomic mass is 16.5. The Morgan fingerprint density at radius 1 is 1.27 bits per heavy atom. The molecule has 1 saturated heterocycles. The Morgan fingerprint density at radius 3 is 2.87 bits per heavy atom. The Balaban J connectivity index is 1.42. The molecule has 7 heteroatoms. The van der Waals surface area contributed by atoms with Gasteiger partial charge in [0.25, 0.3) is 0 Å². The third-order valence-electron chi connectivity index (χ3n) is 5.44. The number of likely N-dealkylation sites (tertiary alicyclic amines) is 1. The highest BCUT2D eigenvalue weighted by Gasteiger charge is 2.29. The molecule has 0 bridgehead atoms. The molecule has 2 heterocycles. The fraction of sp³-hybridized carbons (Fsp3) is 0.348. The molecular formula is C23H26N4O3. The van der Waals surface area contributed by atoms with Gasteiger partial charge in [0.05, 0.1) is 13.0 Å². The minimum Gasteiger partial charge on any atom is -0.497 e. The van der Waals surface area contributed by atoms with Crippen LogP contribution in [0.4, 0.5) is 10.5 Å². The molecule has 0 unspecified atom stereocenters. The first-order valence-electron chi connectivity index (χ1n) is 10.3. The van der Waals surface area contributed by atoms with Gasteiger partial charge in [0.2, 0.25) is 11.7 Å². The van der Waals surface area contributed by atoms with E-state index in [0.29, 0.717) is 24.8 Å². The summed E-state index contributed by atoms with van der Waals surface area (Å²) in [7, 11) is 1.63. The van der Waals surface area contributed by atoms with E-state index in [1.165, 1.54) is 5.56 Å². The Morgan fingerprint density at radius 2 is 2.10 bits per heavy atom. The van der Waals surface area contributed by atoms with Crippen LogP contribution in [0.5, 0.6) is 5.75 Å². The number of aryl methyl sites for hydroxylation is 1. The highest BCUT2D eigenvalue weighted by Crippen LogP contribution is 2.29. The van der Waals surface area contributed by atoms with Crippen LogP contribution < -0.4 is 10.1 Å². The molecule has 0 radical (unpaired) electrons. The Labute approximate surface area is 176 Å². The first-order valence-corrected chi connectivity index (χ1v) is 10.3. The summed E-state index contributed by atoms with van der Waals surface area (Å²) in [6.45, 7) is 3.38. The van der Waals surface area contributed by atoms with Gasteiger partial charge >= 0.3 is 6.03 Å². The number of urea groups is 1. The minimum atomic E-state index is -0.100. The number of benzene rings is 2. The summed E-state index contributed by atoms with van der Waals surface area (Å²) in [4.78, 5) is 19.1. The van der Waals surface area contributed by atoms with Crippen molar-refractivity contribution in [1.29, 1.82) is 0 Å². The number of hydrogen-bond donors (Lipinski definition) is 1. The number of aromatic nitrogens is 2. The SMILES string of the molecule is CCc1ccc(NC(=O)N2CCC[C@@H](c3nc(-c4cccc(OC)c4)no3)C2)cc1. The number of carbonyl (C=O) groups excluding carboxylic acids is 1. The summed E-state index contributed by atoms with van der Waals surface area (Å²) < 4.78 is 10.8. The van der Waals surface area contributed by atoms with E-state index >= 15 is 0 Å². The zero-order chi connectivity index (χ0) is 20.9. The van der Waals surface area contributed by atoms with Gasteiger partial charge in [-0.25, -0.2) is 4.79 Å². The van der Waals surface area contributed by atoms with E-state index in [4.69, 9.17) is 9.26 Å². The summed E-state index contributed by atoms with van der Waals surface area (Å²) in [5.41, 5.74) is 2.89. The monoisotopic (exact) mass is 406 g/mol. The van der Waals surface area contributed by atoms with Crippen molar-refractivity contribution >= 4 is 11.7 Å². The summed E-state index contributed by atoms with van der Waals surface area (Å²) in [6.07, 6.45) is 2.78. The number of nitrogens with zero attached hydrogens (tertiary/aromatic N) is 3. The molecule has 4 rings (SSSR count). The molecule has 1 fully saturated rings. The van der Waals surface area contributed by atoms with E-state index in [2.05, 4.69) is 22.4 Å². The maximum atomic E-state index is 12.7. The Bertz CT molecular complexity index is 1000. The number of methoxy groups -OCH3 is 1. The predicted octanol–water partition coefficient (Wildman–Crippen LogP) is 4.72. The van der Waals surface area contributed by atoms with Crippen molar-refractivity contribution in [3.63, 3.8) is 0 Å². The normalized spacial score (nSPS) is 16.3. The Kier molecular flexibility index (Phi) is 5.97. The van der Waals surface area contributed by atoms with Crippen LogP contribution in [-0.4, -0.2) is 41.3 Å². The molecule has 0 aliphatic carbocycles. The number of amides is 2. The van der Waals surface area contributed by atoms with Crippen molar-refractivity contribution in [3.8, 4) is 17.1 Å². The van der Waals surface area contributed by atoms with Crippen LogP contribution in [0.2, 0.25) is 0 Å². The average Bonchev–Trinajstić information content (AvgIpc) is 3.30. The summed E-state index contributed by atoms with van der Waals surface area (Å²) >= 11 is 0. The summed E-state index contributed by atoms with van der Waals surface area (Å²) in [6, 6.07) is 15.4. The van der Waals surface area contributed by atoms with Gasteiger partial charge in [0.15, 0.2) is 0 Å². The zero-order valence-corrected chi connectivity index (χ0v) is 17.3. The second-order valence-corrected chi connectivity index (χ2v) is 7.45. The molecule has 3 aromatic rings. The molecule has 1 aromatic heterocycles. The fourth-order valence-electron chi connectivity index (χ4n) is 3.67. The van der Waals surface area contributed by atoms with Crippen LogP contribution in [0.1, 0.15) is 37.1 Å². The first-order chi connectivity index (χ1) is 14.7.